The summed E-state index contributed by atoms with van der Waals surface area (Å²) in [4.78, 5) is 11.0. The van der Waals surface area contributed by atoms with Gasteiger partial charge in [0, 0.05) is 5.54 Å². The lowest BCUT2D eigenvalue weighted by molar-refractivity contribution is 0.0694. The quantitative estimate of drug-likeness (QED) is 0.753. The van der Waals surface area contributed by atoms with E-state index in [4.69, 9.17) is 10.8 Å². The van der Waals surface area contributed by atoms with Crippen LogP contribution in [0.2, 0.25) is 0 Å². The normalized spacial score (nSPS) is 11.4. The first kappa shape index (κ1) is 10.7. The maximum Gasteiger partial charge on any atom is 0.336 e. The summed E-state index contributed by atoms with van der Waals surface area (Å²) in [6.45, 7) is 5.45. The SMILES string of the molecule is Cc1ccc(C(C)(C)N)c(C(=O)O)c1. The maximum absolute atomic E-state index is 11.0. The number of hydrogen-bond donors (Lipinski definition) is 2. The molecule has 0 atom stereocenters. The molecule has 0 fully saturated rings. The van der Waals surface area contributed by atoms with Crippen LogP contribution < -0.4 is 5.73 Å². The number of rotatable bonds is 2. The molecule has 0 aliphatic carbocycles. The molecule has 3 heteroatoms. The standard InChI is InChI=1S/C11H15NO2/c1-7-4-5-9(11(2,3)12)8(6-7)10(13)14/h4-6H,12H2,1-3H3,(H,13,14). The zero-order valence-electron chi connectivity index (χ0n) is 8.66. The predicted octanol–water partition coefficient (Wildman–Crippen LogP) is 1.89. The van der Waals surface area contributed by atoms with Gasteiger partial charge in [-0.15, -0.1) is 0 Å². The van der Waals surface area contributed by atoms with E-state index in [-0.39, 0.29) is 5.56 Å². The minimum absolute atomic E-state index is 0.289. The second-order valence-corrected chi connectivity index (χ2v) is 4.08. The molecule has 0 radical (unpaired) electrons. The van der Waals surface area contributed by atoms with Crippen molar-refractivity contribution >= 4 is 5.97 Å². The van der Waals surface area contributed by atoms with Crippen LogP contribution in [0.3, 0.4) is 0 Å². The van der Waals surface area contributed by atoms with Gasteiger partial charge in [0.15, 0.2) is 0 Å². The van der Waals surface area contributed by atoms with Crippen LogP contribution in [-0.4, -0.2) is 11.1 Å². The molecule has 1 aromatic carbocycles. The van der Waals surface area contributed by atoms with Crippen molar-refractivity contribution in [2.75, 3.05) is 0 Å². The summed E-state index contributed by atoms with van der Waals surface area (Å²) < 4.78 is 0. The Morgan fingerprint density at radius 2 is 2.00 bits per heavy atom. The van der Waals surface area contributed by atoms with Crippen molar-refractivity contribution in [2.24, 2.45) is 5.73 Å². The predicted molar refractivity (Wildman–Crippen MR) is 55.4 cm³/mol. The van der Waals surface area contributed by atoms with E-state index in [1.807, 2.05) is 13.0 Å². The topological polar surface area (TPSA) is 63.3 Å². The van der Waals surface area contributed by atoms with Crippen molar-refractivity contribution in [3.63, 3.8) is 0 Å². The van der Waals surface area contributed by atoms with Crippen molar-refractivity contribution in [3.05, 3.63) is 34.9 Å². The van der Waals surface area contributed by atoms with Crippen LogP contribution in [0.4, 0.5) is 0 Å². The van der Waals surface area contributed by atoms with E-state index in [1.54, 1.807) is 26.0 Å². The van der Waals surface area contributed by atoms with E-state index in [0.29, 0.717) is 5.56 Å². The summed E-state index contributed by atoms with van der Waals surface area (Å²) in [5, 5.41) is 9.00. The van der Waals surface area contributed by atoms with Crippen molar-refractivity contribution < 1.29 is 9.90 Å². The molecule has 3 N–H and O–H groups in total. The maximum atomic E-state index is 11.0. The molecule has 0 spiro atoms. The molecule has 0 aliphatic heterocycles. The van der Waals surface area contributed by atoms with Crippen LogP contribution in [0, 0.1) is 6.92 Å². The Morgan fingerprint density at radius 3 is 2.43 bits per heavy atom. The van der Waals surface area contributed by atoms with Crippen LogP contribution >= 0.6 is 0 Å². The lowest BCUT2D eigenvalue weighted by Gasteiger charge is -2.21. The van der Waals surface area contributed by atoms with Gasteiger partial charge in [0.2, 0.25) is 0 Å². The number of carbonyl (C=O) groups is 1. The Bertz CT molecular complexity index is 364. The van der Waals surface area contributed by atoms with Gasteiger partial charge in [0.1, 0.15) is 0 Å². The van der Waals surface area contributed by atoms with E-state index < -0.39 is 11.5 Å². The lowest BCUT2D eigenvalue weighted by Crippen LogP contribution is -2.30. The van der Waals surface area contributed by atoms with Crippen LogP contribution in [0.1, 0.15) is 35.3 Å². The zero-order valence-corrected chi connectivity index (χ0v) is 8.66. The summed E-state index contributed by atoms with van der Waals surface area (Å²) in [5.74, 6) is -0.928. The third-order valence-electron chi connectivity index (χ3n) is 2.10. The van der Waals surface area contributed by atoms with Gasteiger partial charge in [0.05, 0.1) is 5.56 Å². The smallest absolute Gasteiger partial charge is 0.336 e. The molecule has 0 aliphatic rings. The summed E-state index contributed by atoms with van der Waals surface area (Å²) >= 11 is 0. The monoisotopic (exact) mass is 193 g/mol. The Morgan fingerprint density at radius 1 is 1.43 bits per heavy atom. The zero-order chi connectivity index (χ0) is 10.9. The van der Waals surface area contributed by atoms with Crippen molar-refractivity contribution in [3.8, 4) is 0 Å². The molecule has 0 bridgehead atoms. The number of nitrogens with two attached hydrogens (primary N) is 1. The second-order valence-electron chi connectivity index (χ2n) is 4.08. The van der Waals surface area contributed by atoms with Crippen LogP contribution in [0.15, 0.2) is 18.2 Å². The molecule has 0 aromatic heterocycles. The van der Waals surface area contributed by atoms with Crippen molar-refractivity contribution in [1.29, 1.82) is 0 Å². The number of aromatic carboxylic acids is 1. The summed E-state index contributed by atoms with van der Waals surface area (Å²) in [6, 6.07) is 5.29. The number of carboxylic acids is 1. The molecule has 3 nitrogen and oxygen atoms in total. The van der Waals surface area contributed by atoms with Crippen LogP contribution in [0.25, 0.3) is 0 Å². The minimum Gasteiger partial charge on any atom is -0.478 e. The molecule has 0 saturated carbocycles. The van der Waals surface area contributed by atoms with Gasteiger partial charge in [-0.05, 0) is 32.4 Å². The first-order valence-corrected chi connectivity index (χ1v) is 4.45. The molecule has 0 unspecified atom stereocenters. The molecule has 76 valence electrons. The minimum atomic E-state index is -0.928. The molecule has 0 saturated heterocycles. The average molecular weight is 193 g/mol. The Kier molecular flexibility index (Phi) is 2.62. The number of aryl methyl sites for hydroxylation is 1. The lowest BCUT2D eigenvalue weighted by atomic mass is 9.90. The Balaban J connectivity index is 3.37. The summed E-state index contributed by atoms with van der Waals surface area (Å²) in [7, 11) is 0. The molecule has 14 heavy (non-hydrogen) atoms. The molecular weight excluding hydrogens is 178 g/mol. The van der Waals surface area contributed by atoms with E-state index >= 15 is 0 Å². The van der Waals surface area contributed by atoms with E-state index in [9.17, 15) is 4.79 Å². The fourth-order valence-corrected chi connectivity index (χ4v) is 1.40. The molecular formula is C11H15NO2. The highest BCUT2D eigenvalue weighted by Gasteiger charge is 2.21. The number of carboxylic acid groups (broad SMARTS) is 1. The van der Waals surface area contributed by atoms with Gasteiger partial charge in [-0.3, -0.25) is 0 Å². The van der Waals surface area contributed by atoms with Crippen LogP contribution in [-0.2, 0) is 5.54 Å². The Labute approximate surface area is 83.6 Å². The molecule has 1 rings (SSSR count). The first-order valence-electron chi connectivity index (χ1n) is 4.45. The first-order chi connectivity index (χ1) is 6.32. The molecule has 0 heterocycles. The van der Waals surface area contributed by atoms with E-state index in [1.165, 1.54) is 0 Å². The van der Waals surface area contributed by atoms with Crippen LogP contribution in [0.5, 0.6) is 0 Å². The average Bonchev–Trinajstić information content (AvgIpc) is 2.01. The highest BCUT2D eigenvalue weighted by Crippen LogP contribution is 2.22. The van der Waals surface area contributed by atoms with Gasteiger partial charge in [-0.1, -0.05) is 17.7 Å². The van der Waals surface area contributed by atoms with Gasteiger partial charge in [-0.2, -0.15) is 0 Å². The number of benzene rings is 1. The van der Waals surface area contributed by atoms with Crippen molar-refractivity contribution in [2.45, 2.75) is 26.3 Å². The van der Waals surface area contributed by atoms with Gasteiger partial charge < -0.3 is 10.8 Å². The highest BCUT2D eigenvalue weighted by molar-refractivity contribution is 5.90. The molecule has 0 amide bonds. The largest absolute Gasteiger partial charge is 0.478 e. The van der Waals surface area contributed by atoms with E-state index in [0.717, 1.165) is 5.56 Å². The summed E-state index contributed by atoms with van der Waals surface area (Å²) in [6.07, 6.45) is 0. The summed E-state index contributed by atoms with van der Waals surface area (Å²) in [5.41, 5.74) is 7.14. The van der Waals surface area contributed by atoms with Gasteiger partial charge >= 0.3 is 5.97 Å². The fraction of sp³-hybridized carbons (Fsp3) is 0.364. The third-order valence-corrected chi connectivity index (χ3v) is 2.10. The van der Waals surface area contributed by atoms with E-state index in [2.05, 4.69) is 0 Å². The fourth-order valence-electron chi connectivity index (χ4n) is 1.40. The Hall–Kier alpha value is -1.35. The number of hydrogen-bond acceptors (Lipinski definition) is 2. The van der Waals surface area contributed by atoms with Crippen molar-refractivity contribution in [1.82, 2.24) is 0 Å². The van der Waals surface area contributed by atoms with Gasteiger partial charge in [0.25, 0.3) is 0 Å². The second kappa shape index (κ2) is 3.42. The highest BCUT2D eigenvalue weighted by atomic mass is 16.4. The van der Waals surface area contributed by atoms with Gasteiger partial charge in [-0.25, -0.2) is 4.79 Å². The third kappa shape index (κ3) is 2.12. The molecule has 1 aromatic rings.